The third kappa shape index (κ3) is 1.33. The topological polar surface area (TPSA) is 26.0 Å². The minimum atomic E-state index is 0.276. The highest BCUT2D eigenvalue weighted by atomic mass is 14.8. The first-order valence-electron chi connectivity index (χ1n) is 7.52. The van der Waals surface area contributed by atoms with Gasteiger partial charge in [0.1, 0.15) is 0 Å². The van der Waals surface area contributed by atoms with Crippen LogP contribution in [-0.2, 0) is 0 Å². The number of rotatable bonds is 2. The molecule has 16 heavy (non-hydrogen) atoms. The maximum atomic E-state index is 6.76. The van der Waals surface area contributed by atoms with E-state index in [0.717, 1.165) is 29.6 Å². The lowest BCUT2D eigenvalue weighted by Gasteiger charge is -2.38. The molecule has 0 aliphatic heterocycles. The smallest absolute Gasteiger partial charge is 0.0188 e. The second kappa shape index (κ2) is 3.25. The Hall–Kier alpha value is -0.0400. The molecule has 0 spiro atoms. The van der Waals surface area contributed by atoms with Crippen LogP contribution >= 0.6 is 0 Å². The largest absolute Gasteiger partial charge is 0.325 e. The SMILES string of the molecule is NC1(CC2CC3CCC2C3)CC2CCC1C2. The van der Waals surface area contributed by atoms with Gasteiger partial charge in [0, 0.05) is 5.54 Å². The molecule has 4 bridgehead atoms. The van der Waals surface area contributed by atoms with Crippen molar-refractivity contribution in [3.05, 3.63) is 0 Å². The summed E-state index contributed by atoms with van der Waals surface area (Å²) in [7, 11) is 0. The first kappa shape index (κ1) is 9.94. The highest BCUT2D eigenvalue weighted by Crippen LogP contribution is 2.56. The van der Waals surface area contributed by atoms with E-state index in [0.29, 0.717) is 0 Å². The monoisotopic (exact) mass is 219 g/mol. The van der Waals surface area contributed by atoms with Crippen LogP contribution in [0.2, 0.25) is 0 Å². The predicted molar refractivity (Wildman–Crippen MR) is 65.9 cm³/mol. The molecule has 2 N–H and O–H groups in total. The molecule has 4 fully saturated rings. The molecule has 4 aliphatic carbocycles. The average molecular weight is 219 g/mol. The molecule has 0 aromatic rings. The normalized spacial score (nSPS) is 58.7. The molecule has 4 saturated carbocycles. The third-order valence-corrected chi connectivity index (χ3v) is 6.55. The van der Waals surface area contributed by atoms with Crippen molar-refractivity contribution in [2.24, 2.45) is 35.3 Å². The van der Waals surface area contributed by atoms with Gasteiger partial charge in [0.25, 0.3) is 0 Å². The molecule has 1 nitrogen and oxygen atoms in total. The fourth-order valence-electron chi connectivity index (χ4n) is 5.85. The van der Waals surface area contributed by atoms with Crippen LogP contribution in [0.4, 0.5) is 0 Å². The average Bonchev–Trinajstić information content (AvgIpc) is 2.93. The number of hydrogen-bond donors (Lipinski definition) is 1. The van der Waals surface area contributed by atoms with Crippen LogP contribution in [0.3, 0.4) is 0 Å². The van der Waals surface area contributed by atoms with Gasteiger partial charge in [-0.25, -0.2) is 0 Å². The summed E-state index contributed by atoms with van der Waals surface area (Å²) in [6.07, 6.45) is 13.3. The molecule has 0 aromatic carbocycles. The van der Waals surface area contributed by atoms with E-state index in [-0.39, 0.29) is 5.54 Å². The number of fused-ring (bicyclic) bond motifs is 4. The van der Waals surface area contributed by atoms with Gasteiger partial charge in [0.2, 0.25) is 0 Å². The van der Waals surface area contributed by atoms with Gasteiger partial charge in [-0.05, 0) is 74.5 Å². The fourth-order valence-corrected chi connectivity index (χ4v) is 5.85. The summed E-state index contributed by atoms with van der Waals surface area (Å²) in [4.78, 5) is 0. The fraction of sp³-hybridized carbons (Fsp3) is 1.00. The molecule has 1 heteroatoms. The van der Waals surface area contributed by atoms with Crippen LogP contribution in [0.5, 0.6) is 0 Å². The minimum absolute atomic E-state index is 0.276. The Morgan fingerprint density at radius 2 is 1.81 bits per heavy atom. The molecule has 6 atom stereocenters. The van der Waals surface area contributed by atoms with Crippen molar-refractivity contribution < 1.29 is 0 Å². The minimum Gasteiger partial charge on any atom is -0.325 e. The molecule has 4 rings (SSSR count). The van der Waals surface area contributed by atoms with Gasteiger partial charge in [-0.15, -0.1) is 0 Å². The van der Waals surface area contributed by atoms with Gasteiger partial charge in [-0.1, -0.05) is 12.8 Å². The quantitative estimate of drug-likeness (QED) is 0.757. The molecule has 90 valence electrons. The molecular formula is C15H25N. The van der Waals surface area contributed by atoms with Gasteiger partial charge in [-0.2, -0.15) is 0 Å². The first-order chi connectivity index (χ1) is 7.73. The molecule has 0 heterocycles. The molecule has 0 amide bonds. The summed E-state index contributed by atoms with van der Waals surface area (Å²) in [5.74, 6) is 5.09. The van der Waals surface area contributed by atoms with E-state index < -0.39 is 0 Å². The predicted octanol–water partition coefficient (Wildman–Crippen LogP) is 3.33. The van der Waals surface area contributed by atoms with Crippen molar-refractivity contribution in [1.82, 2.24) is 0 Å². The maximum absolute atomic E-state index is 6.76. The van der Waals surface area contributed by atoms with Gasteiger partial charge >= 0.3 is 0 Å². The van der Waals surface area contributed by atoms with Gasteiger partial charge < -0.3 is 5.73 Å². The van der Waals surface area contributed by atoms with Crippen molar-refractivity contribution in [3.63, 3.8) is 0 Å². The summed E-state index contributed by atoms with van der Waals surface area (Å²) in [5, 5.41) is 0. The second-order valence-electron chi connectivity index (χ2n) is 7.45. The maximum Gasteiger partial charge on any atom is 0.0188 e. The van der Waals surface area contributed by atoms with Crippen molar-refractivity contribution in [1.29, 1.82) is 0 Å². The Morgan fingerprint density at radius 1 is 0.938 bits per heavy atom. The summed E-state index contributed by atoms with van der Waals surface area (Å²) < 4.78 is 0. The van der Waals surface area contributed by atoms with Crippen LogP contribution in [0.1, 0.15) is 57.8 Å². The van der Waals surface area contributed by atoms with Gasteiger partial charge in [0.05, 0.1) is 0 Å². The van der Waals surface area contributed by atoms with Crippen LogP contribution < -0.4 is 5.73 Å². The van der Waals surface area contributed by atoms with Crippen molar-refractivity contribution in [2.45, 2.75) is 63.3 Å². The van der Waals surface area contributed by atoms with Gasteiger partial charge in [0.15, 0.2) is 0 Å². The molecule has 0 saturated heterocycles. The van der Waals surface area contributed by atoms with Crippen LogP contribution in [0.15, 0.2) is 0 Å². The van der Waals surface area contributed by atoms with E-state index in [1.54, 1.807) is 6.42 Å². The standard InChI is InChI=1S/C15H25N/c16-15(8-11-2-4-14(15)7-11)9-13-6-10-1-3-12(13)5-10/h10-14H,1-9,16H2. The Bertz CT molecular complexity index is 300. The highest BCUT2D eigenvalue weighted by molar-refractivity contribution is 5.06. The van der Waals surface area contributed by atoms with E-state index >= 15 is 0 Å². The number of hydrogen-bond acceptors (Lipinski definition) is 1. The highest BCUT2D eigenvalue weighted by Gasteiger charge is 2.51. The number of nitrogens with two attached hydrogens (primary N) is 1. The van der Waals surface area contributed by atoms with Crippen LogP contribution in [-0.4, -0.2) is 5.54 Å². The zero-order valence-corrected chi connectivity index (χ0v) is 10.3. The van der Waals surface area contributed by atoms with Crippen molar-refractivity contribution >= 4 is 0 Å². The molecule has 0 aromatic heterocycles. The van der Waals surface area contributed by atoms with Crippen LogP contribution in [0.25, 0.3) is 0 Å². The Labute approximate surface area is 99.2 Å². The summed E-state index contributed by atoms with van der Waals surface area (Å²) in [5.41, 5.74) is 7.03. The summed E-state index contributed by atoms with van der Waals surface area (Å²) in [6, 6.07) is 0. The van der Waals surface area contributed by atoms with E-state index in [4.69, 9.17) is 5.73 Å². The summed E-state index contributed by atoms with van der Waals surface area (Å²) >= 11 is 0. The van der Waals surface area contributed by atoms with Gasteiger partial charge in [-0.3, -0.25) is 0 Å². The molecule has 0 radical (unpaired) electrons. The Morgan fingerprint density at radius 3 is 2.38 bits per heavy atom. The lowest BCUT2D eigenvalue weighted by molar-refractivity contribution is 0.181. The Kier molecular flexibility index (Phi) is 2.02. The Balaban J connectivity index is 1.47. The van der Waals surface area contributed by atoms with E-state index in [1.165, 1.54) is 51.4 Å². The van der Waals surface area contributed by atoms with E-state index in [9.17, 15) is 0 Å². The van der Waals surface area contributed by atoms with E-state index in [1.807, 2.05) is 0 Å². The summed E-state index contributed by atoms with van der Waals surface area (Å²) in [6.45, 7) is 0. The first-order valence-corrected chi connectivity index (χ1v) is 7.52. The van der Waals surface area contributed by atoms with E-state index in [2.05, 4.69) is 0 Å². The van der Waals surface area contributed by atoms with Crippen LogP contribution in [0, 0.1) is 29.6 Å². The molecule has 4 aliphatic rings. The zero-order chi connectivity index (χ0) is 10.8. The molecular weight excluding hydrogens is 194 g/mol. The lowest BCUT2D eigenvalue weighted by Crippen LogP contribution is -2.47. The van der Waals surface area contributed by atoms with Crippen molar-refractivity contribution in [3.8, 4) is 0 Å². The lowest BCUT2D eigenvalue weighted by atomic mass is 9.72. The third-order valence-electron chi connectivity index (χ3n) is 6.55. The zero-order valence-electron chi connectivity index (χ0n) is 10.3. The molecule has 6 unspecified atom stereocenters. The van der Waals surface area contributed by atoms with Crippen molar-refractivity contribution in [2.75, 3.05) is 0 Å². The second-order valence-corrected chi connectivity index (χ2v) is 7.45.